The van der Waals surface area contributed by atoms with Crippen LogP contribution in [0.25, 0.3) is 0 Å². The maximum Gasteiger partial charge on any atom is 0.243 e. The van der Waals surface area contributed by atoms with Crippen molar-refractivity contribution in [3.8, 4) is 0 Å². The number of carbonyl (C=O) groups is 12. The van der Waals surface area contributed by atoms with Gasteiger partial charge in [0.25, 0.3) is 0 Å². The molecule has 0 saturated heterocycles. The van der Waals surface area contributed by atoms with E-state index in [1.54, 1.807) is 0 Å². The summed E-state index contributed by atoms with van der Waals surface area (Å²) in [6.45, 7) is 11.4. The predicted octanol–water partition coefficient (Wildman–Crippen LogP) is -7.08. The molecule has 0 aromatic heterocycles. The Kier molecular flexibility index (Phi) is 30.8. The van der Waals surface area contributed by atoms with Crippen molar-refractivity contribution in [2.24, 2.45) is 28.7 Å². The van der Waals surface area contributed by atoms with Gasteiger partial charge in [0.05, 0.1) is 0 Å². The summed E-state index contributed by atoms with van der Waals surface area (Å²) in [5.41, 5.74) is 27.7. The summed E-state index contributed by atoms with van der Waals surface area (Å²) < 4.78 is 0. The summed E-state index contributed by atoms with van der Waals surface area (Å²) in [6.07, 6.45) is 2.16. The number of nitrogens with one attached hydrogen (secondary N) is 11. The molecular weight excluding hydrogens is 933 g/mol. The fourth-order valence-corrected chi connectivity index (χ4v) is 6.27. The van der Waals surface area contributed by atoms with E-state index in [4.69, 9.17) is 28.7 Å². The van der Waals surface area contributed by atoms with Crippen LogP contribution in [-0.2, 0) is 57.5 Å². The molecule has 0 aromatic carbocycles. The van der Waals surface area contributed by atoms with Gasteiger partial charge in [-0.05, 0) is 126 Å². The second-order valence-electron chi connectivity index (χ2n) is 17.2. The molecule has 21 N–H and O–H groups in total. The average molecular weight is 1010 g/mol. The molecule has 0 aliphatic carbocycles. The molecule has 0 unspecified atom stereocenters. The monoisotopic (exact) mass is 1010 g/mol. The normalized spacial score (nSPS) is 15.5. The first kappa shape index (κ1) is 64.5. The predicted molar refractivity (Wildman–Crippen MR) is 259 cm³/mol. The molecule has 0 fully saturated rings. The Balaban J connectivity index is 5.23. The highest BCUT2D eigenvalue weighted by Crippen LogP contribution is 2.05. The molecule has 11 atom stereocenters. The molecule has 0 aliphatic rings. The maximum atomic E-state index is 13.2. The Morgan fingerprint density at radius 1 is 0.296 bits per heavy atom. The Morgan fingerprint density at radius 3 is 0.718 bits per heavy atom. The summed E-state index contributed by atoms with van der Waals surface area (Å²) >= 11 is 0. The minimum Gasteiger partial charge on any atom is -0.368 e. The minimum atomic E-state index is -1.23. The van der Waals surface area contributed by atoms with Gasteiger partial charge in [0, 0.05) is 6.92 Å². The molecule has 404 valence electrons. The number of hydrogen-bond acceptors (Lipinski definition) is 16. The second-order valence-corrected chi connectivity index (χ2v) is 17.2. The number of amides is 12. The Hall–Kier alpha value is -6.52. The van der Waals surface area contributed by atoms with Gasteiger partial charge in [-0.15, -0.1) is 0 Å². The number of carbonyl (C=O) groups excluding carboxylic acids is 12. The lowest BCUT2D eigenvalue weighted by Crippen LogP contribution is -2.59. The molecule has 28 nitrogen and oxygen atoms in total. The Labute approximate surface area is 414 Å². The quantitative estimate of drug-likeness (QED) is 0.0285. The third-order valence-electron chi connectivity index (χ3n) is 10.7. The molecule has 0 radical (unpaired) electrons. The van der Waals surface area contributed by atoms with Gasteiger partial charge < -0.3 is 87.2 Å². The van der Waals surface area contributed by atoms with Crippen LogP contribution in [0.15, 0.2) is 0 Å². The van der Waals surface area contributed by atoms with Gasteiger partial charge in [-0.1, -0.05) is 0 Å². The first-order valence-corrected chi connectivity index (χ1v) is 23.6. The molecule has 28 heteroatoms. The van der Waals surface area contributed by atoms with Crippen molar-refractivity contribution in [3.63, 3.8) is 0 Å². The lowest BCUT2D eigenvalue weighted by molar-refractivity contribution is -0.135. The van der Waals surface area contributed by atoms with Crippen LogP contribution in [0.4, 0.5) is 0 Å². The summed E-state index contributed by atoms with van der Waals surface area (Å²) in [6, 6.07) is -12.7. The third kappa shape index (κ3) is 25.3. The molecular formula is C43H80N16O12. The third-order valence-corrected chi connectivity index (χ3v) is 10.7. The molecule has 0 rings (SSSR count). The fourth-order valence-electron chi connectivity index (χ4n) is 6.27. The maximum absolute atomic E-state index is 13.2. The topological polar surface area (TPSA) is 467 Å². The van der Waals surface area contributed by atoms with Crippen molar-refractivity contribution < 1.29 is 57.5 Å². The average Bonchev–Trinajstić information content (AvgIpc) is 3.30. The zero-order chi connectivity index (χ0) is 54.5. The molecule has 0 saturated carbocycles. The Morgan fingerprint density at radius 2 is 0.479 bits per heavy atom. The van der Waals surface area contributed by atoms with Crippen LogP contribution in [0.1, 0.15) is 107 Å². The molecule has 0 heterocycles. The van der Waals surface area contributed by atoms with Gasteiger partial charge in [-0.3, -0.25) is 57.5 Å². The number of hydrogen-bond donors (Lipinski definition) is 16. The van der Waals surface area contributed by atoms with Crippen LogP contribution >= 0.6 is 0 Å². The van der Waals surface area contributed by atoms with Crippen molar-refractivity contribution in [2.75, 3.05) is 26.2 Å². The van der Waals surface area contributed by atoms with Gasteiger partial charge in [-0.2, -0.15) is 0 Å². The zero-order valence-corrected chi connectivity index (χ0v) is 42.1. The van der Waals surface area contributed by atoms with E-state index in [2.05, 4.69) is 58.5 Å². The van der Waals surface area contributed by atoms with Gasteiger partial charge in [-0.25, -0.2) is 0 Å². The lowest BCUT2D eigenvalue weighted by atomic mass is 10.1. The van der Waals surface area contributed by atoms with Crippen molar-refractivity contribution in [1.82, 2.24) is 58.5 Å². The van der Waals surface area contributed by atoms with E-state index in [0.29, 0.717) is 25.7 Å². The summed E-state index contributed by atoms with van der Waals surface area (Å²) in [5, 5.41) is 27.1. The van der Waals surface area contributed by atoms with E-state index >= 15 is 0 Å². The van der Waals surface area contributed by atoms with Crippen LogP contribution in [0, 0.1) is 0 Å². The minimum absolute atomic E-state index is 0.113. The lowest BCUT2D eigenvalue weighted by Gasteiger charge is -2.25. The summed E-state index contributed by atoms with van der Waals surface area (Å²) in [5.74, 6) is -8.80. The number of rotatable bonds is 34. The van der Waals surface area contributed by atoms with Crippen LogP contribution in [-0.4, -0.2) is 164 Å². The SMILES string of the molecule is CC(=O)N[C@@H](CCCN)C(=O)N[C@@H](CCCN)C(=O)N[C@@H](C)C(=O)N[C@@H](C)C(=O)N[C@@H](C)C(=O)N[C@@H](C)C(=O)N[C@@H](C)C(=O)N[C@@H](C)C(=O)N[C@@H](C)C(=O)N[C@@H](CCCN)C(=O)N[C@@H](CCCN)C(N)=O. The first-order valence-electron chi connectivity index (χ1n) is 23.6. The van der Waals surface area contributed by atoms with Gasteiger partial charge in [0.1, 0.15) is 66.5 Å². The number of nitrogens with two attached hydrogens (primary N) is 5. The number of primary amides is 1. The molecule has 0 bridgehead atoms. The van der Waals surface area contributed by atoms with Crippen molar-refractivity contribution in [3.05, 3.63) is 0 Å². The van der Waals surface area contributed by atoms with Gasteiger partial charge in [0.15, 0.2) is 0 Å². The Bertz CT molecular complexity index is 1840. The van der Waals surface area contributed by atoms with E-state index in [1.807, 2.05) is 0 Å². The van der Waals surface area contributed by atoms with Gasteiger partial charge >= 0.3 is 0 Å². The van der Waals surface area contributed by atoms with E-state index in [9.17, 15) is 57.5 Å². The van der Waals surface area contributed by atoms with Crippen molar-refractivity contribution >= 4 is 70.9 Å². The van der Waals surface area contributed by atoms with Crippen molar-refractivity contribution in [2.45, 2.75) is 173 Å². The van der Waals surface area contributed by atoms with Crippen LogP contribution in [0.2, 0.25) is 0 Å². The largest absolute Gasteiger partial charge is 0.368 e. The van der Waals surface area contributed by atoms with E-state index in [-0.39, 0.29) is 51.9 Å². The molecule has 0 aromatic rings. The highest BCUT2D eigenvalue weighted by Gasteiger charge is 2.32. The fraction of sp³-hybridized carbons (Fsp3) is 0.721. The standard InChI is InChI=1S/C43H80N16O12/c1-21(34(62)50-23(3)36(64)52-25(5)38(66)54-27(7)40(68)58-32(16-12-20-47)43(71)57-29(33(48)61)13-9-17-44)49-35(63)22(2)51-37(65)24(4)53-39(67)26(6)55-41(69)31(15-11-19-46)59-42(70)30(14-10-18-45)56-28(8)60/h21-27,29-32H,9-20,44-47H2,1-8H3,(H2,48,61)(H,49,63)(H,50,62)(H,51,65)(H,52,64)(H,53,67)(H,54,66)(H,55,69)(H,56,60)(H,57,71)(H,58,68)(H,59,70)/t21-,22-,23-,24-,25-,26-,27-,29-,30-,31-,32-/m0/s1. The van der Waals surface area contributed by atoms with Crippen LogP contribution in [0.5, 0.6) is 0 Å². The molecule has 71 heavy (non-hydrogen) atoms. The smallest absolute Gasteiger partial charge is 0.243 e. The zero-order valence-electron chi connectivity index (χ0n) is 42.1. The van der Waals surface area contributed by atoms with E-state index in [0.717, 1.165) is 0 Å². The van der Waals surface area contributed by atoms with Crippen LogP contribution in [0.3, 0.4) is 0 Å². The molecule has 12 amide bonds. The van der Waals surface area contributed by atoms with E-state index < -0.39 is 137 Å². The van der Waals surface area contributed by atoms with Gasteiger partial charge in [0.2, 0.25) is 70.9 Å². The van der Waals surface area contributed by atoms with Crippen molar-refractivity contribution in [1.29, 1.82) is 0 Å². The molecule has 0 aliphatic heterocycles. The highest BCUT2D eigenvalue weighted by atomic mass is 16.2. The summed E-state index contributed by atoms with van der Waals surface area (Å²) in [7, 11) is 0. The van der Waals surface area contributed by atoms with E-state index in [1.165, 1.54) is 55.4 Å². The molecule has 0 spiro atoms. The van der Waals surface area contributed by atoms with Crippen LogP contribution < -0.4 is 87.2 Å². The summed E-state index contributed by atoms with van der Waals surface area (Å²) in [4.78, 5) is 153. The second kappa shape index (κ2) is 33.9. The first-order chi connectivity index (χ1) is 33.2. The highest BCUT2D eigenvalue weighted by molar-refractivity contribution is 5.98.